The third-order valence-corrected chi connectivity index (χ3v) is 9.21. The van der Waals surface area contributed by atoms with Crippen LogP contribution in [0, 0.1) is 35.1 Å². The molecule has 2 bridgehead atoms. The Hall–Kier alpha value is -1.95. The highest BCUT2D eigenvalue weighted by molar-refractivity contribution is 8.01. The summed E-state index contributed by atoms with van der Waals surface area (Å²) in [6, 6.07) is -1.16. The van der Waals surface area contributed by atoms with Gasteiger partial charge in [0.25, 0.3) is 10.1 Å². The molecule has 0 aromatic heterocycles. The van der Waals surface area contributed by atoms with E-state index in [9.17, 15) is 48.5 Å². The summed E-state index contributed by atoms with van der Waals surface area (Å²) < 4.78 is 123. The monoisotopic (exact) mass is 562 g/mol. The zero-order chi connectivity index (χ0) is 26.4. The molecule has 1 aromatic carbocycles. The fourth-order valence-corrected chi connectivity index (χ4v) is 8.32. The van der Waals surface area contributed by atoms with Crippen molar-refractivity contribution in [2.75, 3.05) is 6.26 Å². The van der Waals surface area contributed by atoms with Crippen molar-refractivity contribution < 1.29 is 57.5 Å². The number of ether oxygens (including phenoxy) is 1. The topological polar surface area (TPSA) is 147 Å². The van der Waals surface area contributed by atoms with E-state index in [0.29, 0.717) is 0 Å². The minimum atomic E-state index is -5.98. The second-order valence-electron chi connectivity index (χ2n) is 8.50. The van der Waals surface area contributed by atoms with E-state index >= 15 is 0 Å². The second-order valence-corrected chi connectivity index (χ2v) is 12.8. The smallest absolute Gasteiger partial charge is 0.316 e. The number of esters is 1. The van der Waals surface area contributed by atoms with E-state index in [1.165, 1.54) is 4.90 Å². The predicted molar refractivity (Wildman–Crippen MR) is 108 cm³/mol. The minimum absolute atomic E-state index is 0.431. The summed E-state index contributed by atoms with van der Waals surface area (Å²) in [7, 11) is -10.1. The lowest BCUT2D eigenvalue weighted by Gasteiger charge is -2.33. The highest BCUT2D eigenvalue weighted by Crippen LogP contribution is 2.60. The quantitative estimate of drug-likeness (QED) is 0.121. The summed E-state index contributed by atoms with van der Waals surface area (Å²) in [6.45, 7) is 3.29. The van der Waals surface area contributed by atoms with Crippen molar-refractivity contribution in [3.63, 3.8) is 0 Å². The maximum atomic E-state index is 14.4. The van der Waals surface area contributed by atoms with Crippen LogP contribution in [-0.2, 0) is 34.0 Å². The highest BCUT2D eigenvalue weighted by atomic mass is 32.2. The average molecular weight is 563 g/mol. The molecule has 194 valence electrons. The van der Waals surface area contributed by atoms with E-state index in [4.69, 9.17) is 4.18 Å². The van der Waals surface area contributed by atoms with E-state index in [-0.39, 0.29) is 0 Å². The van der Waals surface area contributed by atoms with Crippen molar-refractivity contribution in [1.82, 2.24) is 4.90 Å². The predicted octanol–water partition coefficient (Wildman–Crippen LogP) is 0.747. The largest absolute Gasteiger partial charge is 0.744 e. The molecule has 6 atom stereocenters. The summed E-state index contributed by atoms with van der Waals surface area (Å²) in [5.41, 5.74) is 0. The van der Waals surface area contributed by atoms with Crippen LogP contribution in [-0.4, -0.2) is 73.1 Å². The Balaban J connectivity index is 1.74. The van der Waals surface area contributed by atoms with Crippen LogP contribution in [0.5, 0.6) is 5.75 Å². The van der Waals surface area contributed by atoms with E-state index in [1.807, 2.05) is 0 Å². The number of amides is 1. The lowest BCUT2D eigenvalue weighted by atomic mass is 9.78. The SMILES string of the molecule is CC(C)N1C(=O)C2C3SC(C(OS(C)(=O)=O)C31)C2C(=O)Oc1c(F)c(F)c(S(=O)(=O)[O-])c(F)c1F. The molecule has 0 spiro atoms. The maximum absolute atomic E-state index is 14.4. The molecular weight excluding hydrogens is 546 g/mol. The molecule has 6 unspecified atom stereocenters. The first-order valence-corrected chi connectivity index (χ1v) is 14.0. The zero-order valence-electron chi connectivity index (χ0n) is 17.9. The molecule has 3 saturated heterocycles. The van der Waals surface area contributed by atoms with Gasteiger partial charge in [0, 0.05) is 16.5 Å². The van der Waals surface area contributed by atoms with Crippen LogP contribution in [0.15, 0.2) is 4.90 Å². The molecule has 0 saturated carbocycles. The van der Waals surface area contributed by atoms with Gasteiger partial charge in [0.05, 0.1) is 24.1 Å². The summed E-state index contributed by atoms with van der Waals surface area (Å²) in [5, 5.41) is -1.68. The van der Waals surface area contributed by atoms with Crippen LogP contribution in [0.3, 0.4) is 0 Å². The number of nitrogens with zero attached hydrogens (tertiary/aromatic N) is 1. The number of rotatable bonds is 6. The van der Waals surface area contributed by atoms with Crippen molar-refractivity contribution in [1.29, 1.82) is 0 Å². The Labute approximate surface area is 200 Å². The Morgan fingerprint density at radius 1 is 1.03 bits per heavy atom. The normalized spacial score (nSPS) is 30.0. The number of halogens is 4. The van der Waals surface area contributed by atoms with E-state index < -0.39 is 107 Å². The third kappa shape index (κ3) is 4.00. The second kappa shape index (κ2) is 8.29. The molecule has 35 heavy (non-hydrogen) atoms. The van der Waals surface area contributed by atoms with E-state index in [2.05, 4.69) is 4.74 Å². The average Bonchev–Trinajstić information content (AvgIpc) is 3.30. The molecule has 3 aliphatic rings. The summed E-state index contributed by atoms with van der Waals surface area (Å²) in [4.78, 5) is 25.0. The molecule has 3 fully saturated rings. The number of hydrogen-bond donors (Lipinski definition) is 0. The Morgan fingerprint density at radius 2 is 1.57 bits per heavy atom. The highest BCUT2D eigenvalue weighted by Gasteiger charge is 2.72. The molecule has 10 nitrogen and oxygen atoms in total. The molecule has 0 aliphatic carbocycles. The summed E-state index contributed by atoms with van der Waals surface area (Å²) in [6.07, 6.45) is -0.467. The number of hydrogen-bond acceptors (Lipinski definition) is 10. The van der Waals surface area contributed by atoms with Gasteiger partial charge in [0.15, 0.2) is 11.6 Å². The van der Waals surface area contributed by atoms with Crippen LogP contribution >= 0.6 is 11.8 Å². The number of benzene rings is 1. The fourth-order valence-electron chi connectivity index (χ4n) is 4.91. The molecule has 1 amide bonds. The van der Waals surface area contributed by atoms with Gasteiger partial charge in [-0.25, -0.2) is 17.2 Å². The molecule has 0 N–H and O–H groups in total. The van der Waals surface area contributed by atoms with Gasteiger partial charge in [-0.05, 0) is 13.8 Å². The number of fused-ring (bicyclic) bond motifs is 1. The van der Waals surface area contributed by atoms with Gasteiger partial charge in [0.2, 0.25) is 23.3 Å². The molecule has 17 heteroatoms. The van der Waals surface area contributed by atoms with Crippen molar-refractivity contribution in [3.8, 4) is 5.75 Å². The minimum Gasteiger partial charge on any atom is -0.744 e. The van der Waals surface area contributed by atoms with E-state index in [0.717, 1.165) is 18.0 Å². The van der Waals surface area contributed by atoms with Crippen molar-refractivity contribution in [3.05, 3.63) is 23.3 Å². The van der Waals surface area contributed by atoms with Gasteiger partial charge < -0.3 is 14.2 Å². The van der Waals surface area contributed by atoms with Crippen molar-refractivity contribution >= 4 is 43.9 Å². The Bertz CT molecular complexity index is 1320. The van der Waals surface area contributed by atoms with Crippen molar-refractivity contribution in [2.45, 2.75) is 47.4 Å². The van der Waals surface area contributed by atoms with Crippen LogP contribution < -0.4 is 4.74 Å². The summed E-state index contributed by atoms with van der Waals surface area (Å²) >= 11 is 1.04. The van der Waals surface area contributed by atoms with E-state index in [1.54, 1.807) is 13.8 Å². The van der Waals surface area contributed by atoms with Gasteiger partial charge in [-0.1, -0.05) is 0 Å². The Kier molecular flexibility index (Phi) is 6.19. The molecular formula is C18H16F4NO9S3-. The standard InChI is InChI=1S/C18H17F4NO9S3/c1-4(2)23-11-13(32-34(3,26)27)15-6(5(17(23)24)14(11)33-15)18(25)31-12-7(19)9(21)16(35(28,29)30)10(22)8(12)20/h4-6,11,13-15H,1-3H3,(H,28,29,30)/p-1. The first kappa shape index (κ1) is 26.1. The number of carbonyl (C=O) groups excluding carboxylic acids is 2. The van der Waals surface area contributed by atoms with Gasteiger partial charge in [-0.3, -0.25) is 13.8 Å². The van der Waals surface area contributed by atoms with Gasteiger partial charge >= 0.3 is 5.97 Å². The molecule has 3 heterocycles. The third-order valence-electron chi connectivity index (χ3n) is 6.02. The van der Waals surface area contributed by atoms with Crippen LogP contribution in [0.25, 0.3) is 0 Å². The first-order chi connectivity index (χ1) is 16.0. The first-order valence-electron chi connectivity index (χ1n) is 9.86. The maximum Gasteiger partial charge on any atom is 0.316 e. The molecule has 3 aliphatic heterocycles. The van der Waals surface area contributed by atoms with Crippen LogP contribution in [0.4, 0.5) is 17.6 Å². The molecule has 0 radical (unpaired) electrons. The zero-order valence-corrected chi connectivity index (χ0v) is 20.3. The number of likely N-dealkylation sites (tertiary alicyclic amines) is 1. The fraction of sp³-hybridized carbons (Fsp3) is 0.556. The lowest BCUT2D eigenvalue weighted by Crippen LogP contribution is -2.51. The Morgan fingerprint density at radius 3 is 2.03 bits per heavy atom. The molecule has 4 rings (SSSR count). The van der Waals surface area contributed by atoms with Gasteiger partial charge in [-0.2, -0.15) is 17.2 Å². The van der Waals surface area contributed by atoms with Gasteiger partial charge in [-0.15, -0.1) is 11.8 Å². The summed E-state index contributed by atoms with van der Waals surface area (Å²) in [5.74, 6) is -16.8. The van der Waals surface area contributed by atoms with Gasteiger partial charge in [0.1, 0.15) is 21.1 Å². The number of thioether (sulfide) groups is 1. The lowest BCUT2D eigenvalue weighted by molar-refractivity contribution is -0.145. The molecule has 1 aromatic rings. The van der Waals surface area contributed by atoms with Crippen LogP contribution in [0.1, 0.15) is 13.8 Å². The van der Waals surface area contributed by atoms with Crippen molar-refractivity contribution in [2.24, 2.45) is 11.8 Å². The van der Waals surface area contributed by atoms with Crippen LogP contribution in [0.2, 0.25) is 0 Å². The number of carbonyl (C=O) groups is 2.